The summed E-state index contributed by atoms with van der Waals surface area (Å²) in [4.78, 5) is 0. The summed E-state index contributed by atoms with van der Waals surface area (Å²) in [5, 5.41) is 10.8. The smallest absolute Gasteiger partial charge is 0.161 e. The van der Waals surface area contributed by atoms with Gasteiger partial charge in [-0.2, -0.15) is 0 Å². The van der Waals surface area contributed by atoms with Crippen molar-refractivity contribution in [3.05, 3.63) is 35.9 Å². The second kappa shape index (κ2) is 4.83. The van der Waals surface area contributed by atoms with E-state index in [0.29, 0.717) is 24.6 Å². The van der Waals surface area contributed by atoms with E-state index in [-0.39, 0.29) is 0 Å². The number of piperidine rings is 1. The first-order chi connectivity index (χ1) is 9.43. The van der Waals surface area contributed by atoms with Crippen molar-refractivity contribution in [2.45, 2.75) is 18.4 Å². The van der Waals surface area contributed by atoms with Crippen LogP contribution in [-0.4, -0.2) is 55.7 Å². The Bertz CT molecular complexity index is 558. The Hall–Kier alpha value is -0.910. The number of sulfone groups is 1. The summed E-state index contributed by atoms with van der Waals surface area (Å²) in [6.07, 6.45) is 1.44. The van der Waals surface area contributed by atoms with Crippen molar-refractivity contribution in [2.75, 3.05) is 37.7 Å². The van der Waals surface area contributed by atoms with Gasteiger partial charge >= 0.3 is 0 Å². The number of aliphatic hydroxyl groups is 1. The van der Waals surface area contributed by atoms with Crippen molar-refractivity contribution in [2.24, 2.45) is 0 Å². The molecule has 2 saturated heterocycles. The van der Waals surface area contributed by atoms with Crippen LogP contribution in [0, 0.1) is 0 Å². The maximum absolute atomic E-state index is 11.6. The van der Waals surface area contributed by atoms with Crippen LogP contribution in [0.15, 0.2) is 30.3 Å². The Morgan fingerprint density at radius 2 is 1.50 bits per heavy atom. The van der Waals surface area contributed by atoms with Crippen molar-refractivity contribution in [3.8, 4) is 0 Å². The lowest BCUT2D eigenvalue weighted by molar-refractivity contribution is -0.931. The van der Waals surface area contributed by atoms with E-state index in [1.54, 1.807) is 0 Å². The van der Waals surface area contributed by atoms with Gasteiger partial charge in [0.25, 0.3) is 0 Å². The van der Waals surface area contributed by atoms with Gasteiger partial charge in [0, 0.05) is 12.8 Å². The molecule has 0 amide bonds. The average Bonchev–Trinajstić information content (AvgIpc) is 2.47. The summed E-state index contributed by atoms with van der Waals surface area (Å²) in [7, 11) is -2.82. The first-order valence-corrected chi connectivity index (χ1v) is 9.09. The first-order valence-electron chi connectivity index (χ1n) is 7.27. The van der Waals surface area contributed by atoms with Gasteiger partial charge in [-0.3, -0.25) is 0 Å². The molecule has 0 aliphatic carbocycles. The molecule has 0 aromatic heterocycles. The second-order valence-electron chi connectivity index (χ2n) is 6.29. The topological polar surface area (TPSA) is 54.4 Å². The van der Waals surface area contributed by atoms with Crippen LogP contribution >= 0.6 is 0 Å². The summed E-state index contributed by atoms with van der Waals surface area (Å²) < 4.78 is 24.0. The summed E-state index contributed by atoms with van der Waals surface area (Å²) in [6.45, 7) is 3.18. The van der Waals surface area contributed by atoms with Gasteiger partial charge in [0.2, 0.25) is 0 Å². The van der Waals surface area contributed by atoms with Gasteiger partial charge in [-0.05, 0) is 5.56 Å². The molecule has 1 aromatic carbocycles. The Kier molecular flexibility index (Phi) is 3.39. The van der Waals surface area contributed by atoms with Crippen LogP contribution in [0.2, 0.25) is 0 Å². The number of hydrogen-bond donors (Lipinski definition) is 1. The third-order valence-electron chi connectivity index (χ3n) is 5.06. The van der Waals surface area contributed by atoms with Gasteiger partial charge in [0.1, 0.15) is 5.60 Å². The molecule has 110 valence electrons. The van der Waals surface area contributed by atoms with Gasteiger partial charge in [-0.1, -0.05) is 30.3 Å². The molecule has 1 N–H and O–H groups in total. The third kappa shape index (κ3) is 2.62. The minimum atomic E-state index is -2.82. The van der Waals surface area contributed by atoms with Crippen LogP contribution in [0.1, 0.15) is 18.4 Å². The van der Waals surface area contributed by atoms with Crippen molar-refractivity contribution >= 4 is 9.84 Å². The summed E-state index contributed by atoms with van der Waals surface area (Å²) in [5.74, 6) is 0.605. The Labute approximate surface area is 120 Å². The standard InChI is InChI=1S/C15H22NO3S/c17-15(14-4-2-1-3-5-14)6-8-16(9-7-15)10-12-20(18,19)13-11-16/h1-5,17H,6-13H2/q+1. The lowest BCUT2D eigenvalue weighted by atomic mass is 9.83. The molecule has 3 rings (SSSR count). The number of nitrogens with zero attached hydrogens (tertiary/aromatic N) is 1. The molecule has 0 unspecified atom stereocenters. The van der Waals surface area contributed by atoms with Crippen LogP contribution in [-0.2, 0) is 15.4 Å². The zero-order chi connectivity index (χ0) is 14.3. The molecule has 0 radical (unpaired) electrons. The minimum Gasteiger partial charge on any atom is -0.385 e. The Morgan fingerprint density at radius 3 is 2.05 bits per heavy atom. The highest BCUT2D eigenvalue weighted by Crippen LogP contribution is 2.36. The lowest BCUT2D eigenvalue weighted by Gasteiger charge is -2.48. The second-order valence-corrected chi connectivity index (χ2v) is 8.59. The third-order valence-corrected chi connectivity index (χ3v) is 6.67. The van der Waals surface area contributed by atoms with Gasteiger partial charge in [-0.25, -0.2) is 8.42 Å². The number of benzene rings is 1. The lowest BCUT2D eigenvalue weighted by Crippen LogP contribution is -2.62. The monoisotopic (exact) mass is 296 g/mol. The normalized spacial score (nSPS) is 27.2. The summed E-state index contributed by atoms with van der Waals surface area (Å²) in [6, 6.07) is 9.84. The highest BCUT2D eigenvalue weighted by Gasteiger charge is 2.44. The van der Waals surface area contributed by atoms with E-state index in [9.17, 15) is 13.5 Å². The van der Waals surface area contributed by atoms with E-state index >= 15 is 0 Å². The molecule has 4 nitrogen and oxygen atoms in total. The minimum absolute atomic E-state index is 0.302. The SMILES string of the molecule is O=S1(=O)CC[N+]2(CCC(O)(c3ccccc3)CC2)CC1. The number of rotatable bonds is 1. The van der Waals surface area contributed by atoms with Gasteiger partial charge in [0.15, 0.2) is 9.84 Å². The summed E-state index contributed by atoms with van der Waals surface area (Å²) in [5.41, 5.74) is 0.253. The van der Waals surface area contributed by atoms with E-state index in [2.05, 4.69) is 0 Å². The average molecular weight is 296 g/mol. The van der Waals surface area contributed by atoms with Crippen LogP contribution in [0.3, 0.4) is 0 Å². The fourth-order valence-corrected chi connectivity index (χ4v) is 4.98. The Balaban J connectivity index is 1.71. The van der Waals surface area contributed by atoms with Crippen LogP contribution in [0.5, 0.6) is 0 Å². The van der Waals surface area contributed by atoms with Crippen molar-refractivity contribution in [1.29, 1.82) is 0 Å². The van der Waals surface area contributed by atoms with Crippen molar-refractivity contribution in [1.82, 2.24) is 0 Å². The van der Waals surface area contributed by atoms with Gasteiger partial charge in [-0.15, -0.1) is 0 Å². The van der Waals surface area contributed by atoms with Crippen LogP contribution < -0.4 is 0 Å². The van der Waals surface area contributed by atoms with E-state index in [0.717, 1.165) is 36.0 Å². The molecule has 5 heteroatoms. The van der Waals surface area contributed by atoms with Gasteiger partial charge < -0.3 is 9.59 Å². The molecule has 0 saturated carbocycles. The van der Waals surface area contributed by atoms with E-state index in [1.807, 2.05) is 30.3 Å². The highest BCUT2D eigenvalue weighted by atomic mass is 32.2. The quantitative estimate of drug-likeness (QED) is 0.784. The largest absolute Gasteiger partial charge is 0.385 e. The van der Waals surface area contributed by atoms with E-state index in [1.165, 1.54) is 0 Å². The van der Waals surface area contributed by atoms with Crippen molar-refractivity contribution in [3.63, 3.8) is 0 Å². The molecule has 2 heterocycles. The molecule has 2 aliphatic rings. The molecule has 2 fully saturated rings. The van der Waals surface area contributed by atoms with E-state index in [4.69, 9.17) is 0 Å². The fraction of sp³-hybridized carbons (Fsp3) is 0.600. The Morgan fingerprint density at radius 1 is 0.950 bits per heavy atom. The molecule has 2 aliphatic heterocycles. The fourth-order valence-electron chi connectivity index (χ4n) is 3.44. The number of quaternary nitrogens is 1. The molecule has 1 aromatic rings. The van der Waals surface area contributed by atoms with Gasteiger partial charge in [0.05, 0.1) is 37.7 Å². The van der Waals surface area contributed by atoms with E-state index < -0.39 is 15.4 Å². The summed E-state index contributed by atoms with van der Waals surface area (Å²) >= 11 is 0. The zero-order valence-corrected chi connectivity index (χ0v) is 12.5. The maximum atomic E-state index is 11.6. The van der Waals surface area contributed by atoms with Crippen molar-refractivity contribution < 1.29 is 18.0 Å². The predicted molar refractivity (Wildman–Crippen MR) is 78.0 cm³/mol. The number of hydrogen-bond acceptors (Lipinski definition) is 3. The molecular formula is C15H22NO3S+. The van der Waals surface area contributed by atoms with Crippen LogP contribution in [0.25, 0.3) is 0 Å². The maximum Gasteiger partial charge on any atom is 0.161 e. The zero-order valence-electron chi connectivity index (χ0n) is 11.7. The molecule has 1 spiro atoms. The predicted octanol–water partition coefficient (Wildman–Crippen LogP) is 0.913. The molecular weight excluding hydrogens is 274 g/mol. The molecule has 0 bridgehead atoms. The highest BCUT2D eigenvalue weighted by molar-refractivity contribution is 7.91. The first kappa shape index (κ1) is 14.0. The molecule has 20 heavy (non-hydrogen) atoms. The molecule has 0 atom stereocenters. The van der Waals surface area contributed by atoms with Crippen LogP contribution in [0.4, 0.5) is 0 Å².